The van der Waals surface area contributed by atoms with Crippen LogP contribution in [-0.2, 0) is 6.42 Å². The third-order valence-electron chi connectivity index (χ3n) is 5.14. The maximum atomic E-state index is 12.5. The molecular weight excluding hydrogens is 300 g/mol. The average molecular weight is 326 g/mol. The maximum absolute atomic E-state index is 12.5. The molecule has 4 heteroatoms. The van der Waals surface area contributed by atoms with Gasteiger partial charge in [-0.2, -0.15) is 0 Å². The van der Waals surface area contributed by atoms with Gasteiger partial charge < -0.3 is 9.32 Å². The number of furan rings is 1. The Kier molecular flexibility index (Phi) is 5.36. The summed E-state index contributed by atoms with van der Waals surface area (Å²) in [5.41, 5.74) is 1.39. The van der Waals surface area contributed by atoms with Crippen LogP contribution in [-0.4, -0.2) is 47.4 Å². The molecular formula is C20H26N2O2. The van der Waals surface area contributed by atoms with Gasteiger partial charge in [0, 0.05) is 25.2 Å². The monoisotopic (exact) mass is 326 g/mol. The van der Waals surface area contributed by atoms with Gasteiger partial charge in [-0.15, -0.1) is 0 Å². The molecule has 1 saturated heterocycles. The van der Waals surface area contributed by atoms with Gasteiger partial charge in [0.2, 0.25) is 0 Å². The highest BCUT2D eigenvalue weighted by atomic mass is 16.3. The largest absolute Gasteiger partial charge is 0.459 e. The highest BCUT2D eigenvalue weighted by Gasteiger charge is 2.34. The smallest absolute Gasteiger partial charge is 0.289 e. The van der Waals surface area contributed by atoms with E-state index in [0.29, 0.717) is 11.8 Å². The van der Waals surface area contributed by atoms with Crippen molar-refractivity contribution in [3.05, 3.63) is 60.1 Å². The van der Waals surface area contributed by atoms with Crippen LogP contribution in [0, 0.1) is 0 Å². The van der Waals surface area contributed by atoms with Crippen molar-refractivity contribution in [2.45, 2.75) is 38.8 Å². The lowest BCUT2D eigenvalue weighted by atomic mass is 10.0. The van der Waals surface area contributed by atoms with Crippen LogP contribution in [0.25, 0.3) is 0 Å². The Balaban J connectivity index is 1.53. The fourth-order valence-corrected chi connectivity index (χ4v) is 3.48. The van der Waals surface area contributed by atoms with Crippen LogP contribution in [0.1, 0.15) is 36.4 Å². The van der Waals surface area contributed by atoms with E-state index in [1.165, 1.54) is 5.56 Å². The molecule has 24 heavy (non-hydrogen) atoms. The molecule has 0 radical (unpaired) electrons. The van der Waals surface area contributed by atoms with E-state index in [-0.39, 0.29) is 11.9 Å². The van der Waals surface area contributed by atoms with E-state index in [9.17, 15) is 4.79 Å². The zero-order chi connectivity index (χ0) is 16.9. The quantitative estimate of drug-likeness (QED) is 0.844. The van der Waals surface area contributed by atoms with Gasteiger partial charge in [0.25, 0.3) is 5.91 Å². The number of hydrogen-bond donors (Lipinski definition) is 0. The van der Waals surface area contributed by atoms with Gasteiger partial charge in [0.05, 0.1) is 6.26 Å². The second kappa shape index (κ2) is 7.67. The molecule has 0 unspecified atom stereocenters. The van der Waals surface area contributed by atoms with Crippen molar-refractivity contribution in [3.8, 4) is 0 Å². The standard InChI is InChI=1S/C20H26N2O2/c1-16-17(2)22(20(23)19-11-7-15-24-19)14-13-21(16)12-6-10-18-8-4-3-5-9-18/h3-5,7-9,11,15-17H,6,10,12-14H2,1-2H3/t16-,17+/m0/s1. The van der Waals surface area contributed by atoms with Crippen molar-refractivity contribution in [1.82, 2.24) is 9.80 Å². The Bertz CT molecular complexity index is 639. The molecule has 2 aromatic rings. The normalized spacial score (nSPS) is 21.8. The highest BCUT2D eigenvalue weighted by Crippen LogP contribution is 2.20. The Hall–Kier alpha value is -2.07. The van der Waals surface area contributed by atoms with Crippen LogP contribution < -0.4 is 0 Å². The predicted octanol–water partition coefficient (Wildman–Crippen LogP) is 3.45. The van der Waals surface area contributed by atoms with Gasteiger partial charge in [-0.25, -0.2) is 0 Å². The first-order valence-corrected chi connectivity index (χ1v) is 8.79. The minimum atomic E-state index is 0.00304. The predicted molar refractivity (Wildman–Crippen MR) is 95.0 cm³/mol. The number of hydrogen-bond acceptors (Lipinski definition) is 3. The first-order valence-electron chi connectivity index (χ1n) is 8.79. The summed E-state index contributed by atoms with van der Waals surface area (Å²) in [5, 5.41) is 0. The van der Waals surface area contributed by atoms with E-state index in [1.807, 2.05) is 4.90 Å². The van der Waals surface area contributed by atoms with E-state index < -0.39 is 0 Å². The van der Waals surface area contributed by atoms with Crippen molar-refractivity contribution in [2.24, 2.45) is 0 Å². The maximum Gasteiger partial charge on any atom is 0.289 e. The Morgan fingerprint density at radius 1 is 1.08 bits per heavy atom. The second-order valence-electron chi connectivity index (χ2n) is 6.58. The number of carbonyl (C=O) groups is 1. The molecule has 1 amide bonds. The number of piperazine rings is 1. The van der Waals surface area contributed by atoms with Crippen LogP contribution in [0.3, 0.4) is 0 Å². The summed E-state index contributed by atoms with van der Waals surface area (Å²) in [4.78, 5) is 17.0. The van der Waals surface area contributed by atoms with Crippen LogP contribution in [0.15, 0.2) is 53.1 Å². The Labute approximate surface area is 144 Å². The minimum absolute atomic E-state index is 0.00304. The van der Waals surface area contributed by atoms with Gasteiger partial charge in [-0.1, -0.05) is 30.3 Å². The van der Waals surface area contributed by atoms with Crippen molar-refractivity contribution >= 4 is 5.91 Å². The molecule has 2 heterocycles. The number of carbonyl (C=O) groups excluding carboxylic acids is 1. The zero-order valence-electron chi connectivity index (χ0n) is 14.5. The van der Waals surface area contributed by atoms with Crippen molar-refractivity contribution < 1.29 is 9.21 Å². The van der Waals surface area contributed by atoms with Crippen LogP contribution in [0.5, 0.6) is 0 Å². The molecule has 0 N–H and O–H groups in total. The second-order valence-corrected chi connectivity index (χ2v) is 6.58. The Morgan fingerprint density at radius 3 is 2.58 bits per heavy atom. The van der Waals surface area contributed by atoms with Crippen LogP contribution in [0.2, 0.25) is 0 Å². The SMILES string of the molecule is C[C@@H]1[C@H](C)N(CCCc2ccccc2)CCN1C(=O)c1ccco1. The molecule has 1 aliphatic rings. The fraction of sp³-hybridized carbons (Fsp3) is 0.450. The molecule has 128 valence electrons. The summed E-state index contributed by atoms with van der Waals surface area (Å²) < 4.78 is 5.27. The molecule has 0 spiro atoms. The highest BCUT2D eigenvalue weighted by molar-refractivity contribution is 5.91. The van der Waals surface area contributed by atoms with Gasteiger partial charge >= 0.3 is 0 Å². The van der Waals surface area contributed by atoms with Crippen molar-refractivity contribution in [3.63, 3.8) is 0 Å². The summed E-state index contributed by atoms with van der Waals surface area (Å²) >= 11 is 0. The zero-order valence-corrected chi connectivity index (χ0v) is 14.5. The topological polar surface area (TPSA) is 36.7 Å². The molecule has 1 aliphatic heterocycles. The molecule has 3 rings (SSSR count). The number of rotatable bonds is 5. The van der Waals surface area contributed by atoms with E-state index in [0.717, 1.165) is 32.5 Å². The summed E-state index contributed by atoms with van der Waals surface area (Å²) in [6.07, 6.45) is 3.81. The molecule has 0 saturated carbocycles. The van der Waals surface area contributed by atoms with E-state index in [4.69, 9.17) is 4.42 Å². The van der Waals surface area contributed by atoms with Gasteiger partial charge in [0.1, 0.15) is 0 Å². The molecule has 1 aromatic carbocycles. The van der Waals surface area contributed by atoms with Crippen molar-refractivity contribution in [2.75, 3.05) is 19.6 Å². The molecule has 1 aromatic heterocycles. The summed E-state index contributed by atoms with van der Waals surface area (Å²) in [5.74, 6) is 0.440. The van der Waals surface area contributed by atoms with Gasteiger partial charge in [0.15, 0.2) is 5.76 Å². The first-order chi connectivity index (χ1) is 11.7. The van der Waals surface area contributed by atoms with E-state index >= 15 is 0 Å². The summed E-state index contributed by atoms with van der Waals surface area (Å²) in [7, 11) is 0. The third-order valence-corrected chi connectivity index (χ3v) is 5.14. The number of benzene rings is 1. The number of amides is 1. The Morgan fingerprint density at radius 2 is 1.88 bits per heavy atom. The summed E-state index contributed by atoms with van der Waals surface area (Å²) in [6.45, 7) is 7.11. The van der Waals surface area contributed by atoms with Crippen molar-refractivity contribution in [1.29, 1.82) is 0 Å². The third kappa shape index (κ3) is 3.70. The molecule has 0 bridgehead atoms. The summed E-state index contributed by atoms with van der Waals surface area (Å²) in [6, 6.07) is 14.7. The lowest BCUT2D eigenvalue weighted by Crippen LogP contribution is -2.58. The molecule has 2 atom stereocenters. The molecule has 1 fully saturated rings. The minimum Gasteiger partial charge on any atom is -0.459 e. The molecule has 4 nitrogen and oxygen atoms in total. The van der Waals surface area contributed by atoms with Crippen LogP contribution >= 0.6 is 0 Å². The van der Waals surface area contributed by atoms with Crippen LogP contribution in [0.4, 0.5) is 0 Å². The van der Waals surface area contributed by atoms with Gasteiger partial charge in [-0.05, 0) is 50.9 Å². The van der Waals surface area contributed by atoms with E-state index in [2.05, 4.69) is 49.1 Å². The molecule has 0 aliphatic carbocycles. The lowest BCUT2D eigenvalue weighted by molar-refractivity contribution is 0.0253. The van der Waals surface area contributed by atoms with Gasteiger partial charge in [-0.3, -0.25) is 9.69 Å². The van der Waals surface area contributed by atoms with E-state index in [1.54, 1.807) is 18.4 Å². The average Bonchev–Trinajstić information content (AvgIpc) is 3.14. The lowest BCUT2D eigenvalue weighted by Gasteiger charge is -2.44. The number of nitrogens with zero attached hydrogens (tertiary/aromatic N) is 2. The number of aryl methyl sites for hydroxylation is 1. The fourth-order valence-electron chi connectivity index (χ4n) is 3.48. The first kappa shape index (κ1) is 16.8.